The summed E-state index contributed by atoms with van der Waals surface area (Å²) in [6.45, 7) is 6.35. The Bertz CT molecular complexity index is 266. The Balaban J connectivity index is 1.70. The van der Waals surface area contributed by atoms with E-state index in [4.69, 9.17) is 15.9 Å². The van der Waals surface area contributed by atoms with Gasteiger partial charge in [0.15, 0.2) is 0 Å². The molecule has 0 aromatic rings. The van der Waals surface area contributed by atoms with Crippen LogP contribution in [0.25, 0.3) is 0 Å². The minimum absolute atomic E-state index is 0.0552. The molecular formula is C13H25N3O. The first kappa shape index (κ1) is 12.8. The van der Waals surface area contributed by atoms with Crippen LogP contribution in [0, 0.1) is 10.8 Å². The number of hydrogen-bond acceptors (Lipinski definition) is 3. The molecule has 0 amide bonds. The fraction of sp³-hybridized carbons (Fsp3) is 0.923. The minimum atomic E-state index is -0.0552. The van der Waals surface area contributed by atoms with E-state index < -0.39 is 0 Å². The van der Waals surface area contributed by atoms with Gasteiger partial charge in [-0.1, -0.05) is 6.92 Å². The van der Waals surface area contributed by atoms with Crippen molar-refractivity contribution in [3.8, 4) is 0 Å². The fourth-order valence-electron chi connectivity index (χ4n) is 2.74. The van der Waals surface area contributed by atoms with Crippen molar-refractivity contribution in [2.75, 3.05) is 26.2 Å². The van der Waals surface area contributed by atoms with Gasteiger partial charge in [0.1, 0.15) is 0 Å². The summed E-state index contributed by atoms with van der Waals surface area (Å²) < 4.78 is 5.64. The van der Waals surface area contributed by atoms with Crippen LogP contribution in [-0.4, -0.2) is 43.1 Å². The summed E-state index contributed by atoms with van der Waals surface area (Å²) in [5.74, 6) is 0.358. The Morgan fingerprint density at radius 1 is 1.47 bits per heavy atom. The van der Waals surface area contributed by atoms with Crippen molar-refractivity contribution in [1.29, 1.82) is 5.41 Å². The molecule has 0 saturated carbocycles. The number of ether oxygens (including phenoxy) is 1. The van der Waals surface area contributed by atoms with Crippen molar-refractivity contribution < 1.29 is 4.74 Å². The van der Waals surface area contributed by atoms with E-state index in [1.54, 1.807) is 0 Å². The van der Waals surface area contributed by atoms with Gasteiger partial charge in [0.05, 0.1) is 11.9 Å². The lowest BCUT2D eigenvalue weighted by atomic mass is 9.79. The Morgan fingerprint density at radius 3 is 2.71 bits per heavy atom. The third-order valence-electron chi connectivity index (χ3n) is 4.40. The number of likely N-dealkylation sites (tertiary alicyclic amines) is 1. The van der Waals surface area contributed by atoms with Gasteiger partial charge >= 0.3 is 0 Å². The normalized spacial score (nSPS) is 29.4. The topological polar surface area (TPSA) is 62.3 Å². The monoisotopic (exact) mass is 239 g/mol. The van der Waals surface area contributed by atoms with Gasteiger partial charge in [-0.2, -0.15) is 0 Å². The zero-order chi connectivity index (χ0) is 12.3. The molecule has 0 bridgehead atoms. The van der Waals surface area contributed by atoms with Gasteiger partial charge in [-0.15, -0.1) is 0 Å². The summed E-state index contributed by atoms with van der Waals surface area (Å²) in [6, 6.07) is 0. The minimum Gasteiger partial charge on any atom is -0.387 e. The molecule has 1 unspecified atom stereocenters. The van der Waals surface area contributed by atoms with Crippen molar-refractivity contribution in [1.82, 2.24) is 4.90 Å². The van der Waals surface area contributed by atoms with Crippen LogP contribution < -0.4 is 5.73 Å². The van der Waals surface area contributed by atoms with Crippen molar-refractivity contribution >= 4 is 5.84 Å². The van der Waals surface area contributed by atoms with E-state index in [0.717, 1.165) is 45.5 Å². The van der Waals surface area contributed by atoms with Crippen LogP contribution in [0.4, 0.5) is 0 Å². The number of piperidine rings is 1. The lowest BCUT2D eigenvalue weighted by molar-refractivity contribution is 0.0822. The van der Waals surface area contributed by atoms with E-state index >= 15 is 0 Å². The predicted molar refractivity (Wildman–Crippen MR) is 69.3 cm³/mol. The number of nitrogens with zero attached hydrogens (tertiary/aromatic N) is 1. The molecule has 98 valence electrons. The Kier molecular flexibility index (Phi) is 4.05. The Hall–Kier alpha value is -0.610. The molecule has 4 heteroatoms. The van der Waals surface area contributed by atoms with Crippen LogP contribution in [-0.2, 0) is 4.74 Å². The van der Waals surface area contributed by atoms with Crippen LogP contribution in [0.3, 0.4) is 0 Å². The average molecular weight is 239 g/mol. The third kappa shape index (κ3) is 3.19. The molecule has 2 heterocycles. The first-order valence-corrected chi connectivity index (χ1v) is 6.79. The number of rotatable bonds is 4. The largest absolute Gasteiger partial charge is 0.387 e. The highest BCUT2D eigenvalue weighted by molar-refractivity contribution is 5.83. The summed E-state index contributed by atoms with van der Waals surface area (Å²) in [5.41, 5.74) is 5.61. The van der Waals surface area contributed by atoms with Gasteiger partial charge in [-0.3, -0.25) is 5.41 Å². The molecule has 0 radical (unpaired) electrons. The lowest BCUT2D eigenvalue weighted by Crippen LogP contribution is -2.45. The van der Waals surface area contributed by atoms with Crippen LogP contribution >= 0.6 is 0 Å². The molecule has 2 aliphatic rings. The van der Waals surface area contributed by atoms with Gasteiger partial charge in [0.2, 0.25) is 0 Å². The molecular weight excluding hydrogens is 214 g/mol. The Labute approximate surface area is 104 Å². The van der Waals surface area contributed by atoms with Gasteiger partial charge in [0.25, 0.3) is 0 Å². The van der Waals surface area contributed by atoms with Crippen LogP contribution in [0.15, 0.2) is 0 Å². The van der Waals surface area contributed by atoms with E-state index in [0.29, 0.717) is 11.9 Å². The first-order chi connectivity index (χ1) is 8.10. The highest BCUT2D eigenvalue weighted by Crippen LogP contribution is 2.30. The molecule has 4 nitrogen and oxygen atoms in total. The third-order valence-corrected chi connectivity index (χ3v) is 4.40. The molecule has 1 atom stereocenters. The number of hydrogen-bond donors (Lipinski definition) is 2. The van der Waals surface area contributed by atoms with Crippen LogP contribution in [0.5, 0.6) is 0 Å². The predicted octanol–water partition coefficient (Wildman–Crippen LogP) is 1.59. The van der Waals surface area contributed by atoms with Gasteiger partial charge in [-0.25, -0.2) is 0 Å². The molecule has 0 aromatic heterocycles. The van der Waals surface area contributed by atoms with Crippen LogP contribution in [0.2, 0.25) is 0 Å². The molecule has 0 spiro atoms. The molecule has 17 heavy (non-hydrogen) atoms. The van der Waals surface area contributed by atoms with Crippen molar-refractivity contribution in [2.45, 2.75) is 45.1 Å². The fourth-order valence-corrected chi connectivity index (χ4v) is 2.74. The van der Waals surface area contributed by atoms with E-state index in [-0.39, 0.29) is 5.41 Å². The van der Waals surface area contributed by atoms with E-state index in [9.17, 15) is 0 Å². The molecule has 2 aliphatic heterocycles. The van der Waals surface area contributed by atoms with E-state index in [1.807, 2.05) is 0 Å². The molecule has 2 saturated heterocycles. The molecule has 2 rings (SSSR count). The second kappa shape index (κ2) is 5.36. The average Bonchev–Trinajstić information content (AvgIpc) is 2.81. The second-order valence-electron chi connectivity index (χ2n) is 5.74. The summed E-state index contributed by atoms with van der Waals surface area (Å²) in [5, 5.41) is 7.63. The Morgan fingerprint density at radius 2 is 2.18 bits per heavy atom. The lowest BCUT2D eigenvalue weighted by Gasteiger charge is -2.38. The summed E-state index contributed by atoms with van der Waals surface area (Å²) in [7, 11) is 0. The van der Waals surface area contributed by atoms with Gasteiger partial charge in [-0.05, 0) is 45.2 Å². The van der Waals surface area contributed by atoms with Crippen molar-refractivity contribution in [2.24, 2.45) is 11.1 Å². The van der Waals surface area contributed by atoms with Crippen LogP contribution in [0.1, 0.15) is 39.0 Å². The first-order valence-electron chi connectivity index (χ1n) is 6.79. The highest BCUT2D eigenvalue weighted by Gasteiger charge is 2.32. The molecule has 0 aliphatic carbocycles. The van der Waals surface area contributed by atoms with Gasteiger partial charge in [0, 0.05) is 18.6 Å². The maximum absolute atomic E-state index is 7.63. The summed E-state index contributed by atoms with van der Waals surface area (Å²) in [4.78, 5) is 2.49. The standard InChI is InChI=1S/C13H25N3O/c1-13(12(14)15)5-8-16(9-6-13)7-4-11-3-2-10-17-11/h11H,2-10H2,1H3,(H3,14,15). The van der Waals surface area contributed by atoms with Gasteiger partial charge < -0.3 is 15.4 Å². The maximum atomic E-state index is 7.63. The number of nitrogens with one attached hydrogen (secondary N) is 1. The van der Waals surface area contributed by atoms with E-state index in [1.165, 1.54) is 12.8 Å². The second-order valence-corrected chi connectivity index (χ2v) is 5.74. The highest BCUT2D eigenvalue weighted by atomic mass is 16.5. The summed E-state index contributed by atoms with van der Waals surface area (Å²) in [6.07, 6.45) is 6.17. The van der Waals surface area contributed by atoms with E-state index in [2.05, 4.69) is 11.8 Å². The molecule has 0 aromatic carbocycles. The quantitative estimate of drug-likeness (QED) is 0.578. The SMILES string of the molecule is CC1(C(=N)N)CCN(CCC2CCCO2)CC1. The summed E-state index contributed by atoms with van der Waals surface area (Å²) >= 11 is 0. The number of amidine groups is 1. The molecule has 3 N–H and O–H groups in total. The zero-order valence-electron chi connectivity index (χ0n) is 10.9. The van der Waals surface area contributed by atoms with Crippen molar-refractivity contribution in [3.63, 3.8) is 0 Å². The molecule has 2 fully saturated rings. The zero-order valence-corrected chi connectivity index (χ0v) is 10.9. The maximum Gasteiger partial charge on any atom is 0.0966 e. The van der Waals surface area contributed by atoms with Crippen molar-refractivity contribution in [3.05, 3.63) is 0 Å². The number of nitrogens with two attached hydrogens (primary N) is 1. The smallest absolute Gasteiger partial charge is 0.0966 e.